The Kier molecular flexibility index (Phi) is 5.25. The van der Waals surface area contributed by atoms with E-state index in [1.807, 2.05) is 41.0 Å². The van der Waals surface area contributed by atoms with Crippen LogP contribution in [-0.4, -0.2) is 30.1 Å². The summed E-state index contributed by atoms with van der Waals surface area (Å²) in [6.45, 7) is 8.25. The van der Waals surface area contributed by atoms with Gasteiger partial charge in [-0.1, -0.05) is 43.9 Å². The minimum absolute atomic E-state index is 0.427. The molecule has 3 rings (SSSR count). The number of carbonyl (C=O) groups is 1. The minimum Gasteiger partial charge on any atom is -0.366 e. The molecule has 0 aliphatic rings. The molecule has 0 bridgehead atoms. The fourth-order valence-corrected chi connectivity index (χ4v) is 3.57. The molecule has 0 saturated heterocycles. The first-order valence-electron chi connectivity index (χ1n) is 8.77. The van der Waals surface area contributed by atoms with E-state index in [0.29, 0.717) is 12.3 Å². The third-order valence-electron chi connectivity index (χ3n) is 4.35. The topological polar surface area (TPSA) is 70.1 Å². The van der Waals surface area contributed by atoms with Crippen molar-refractivity contribution in [2.75, 3.05) is 6.61 Å². The molecule has 2 N–H and O–H groups in total. The van der Waals surface area contributed by atoms with Gasteiger partial charge in [-0.3, -0.25) is 4.79 Å². The van der Waals surface area contributed by atoms with Crippen LogP contribution in [0.4, 0.5) is 0 Å². The molecule has 0 fully saturated rings. The highest BCUT2D eigenvalue weighted by atomic mass is 28.3. The summed E-state index contributed by atoms with van der Waals surface area (Å²) < 4.78 is 7.85. The lowest BCUT2D eigenvalue weighted by molar-refractivity contribution is 0.0898. The van der Waals surface area contributed by atoms with E-state index in [1.54, 1.807) is 12.4 Å². The monoisotopic (exact) mass is 367 g/mol. The number of ether oxygens (including phenoxy) is 1. The van der Waals surface area contributed by atoms with E-state index >= 15 is 0 Å². The van der Waals surface area contributed by atoms with Crippen molar-refractivity contribution < 1.29 is 9.53 Å². The largest absolute Gasteiger partial charge is 0.366 e. The number of aromatic nitrogens is 2. The normalized spacial score (nSPS) is 11.8. The predicted molar refractivity (Wildman–Crippen MR) is 108 cm³/mol. The third kappa shape index (κ3) is 4.20. The second-order valence-electron chi connectivity index (χ2n) is 7.68. The number of fused-ring (bicyclic) bond motifs is 1. The summed E-state index contributed by atoms with van der Waals surface area (Å²) in [6, 6.07) is 14.5. The number of benzene rings is 2. The molecule has 1 heterocycles. The molecule has 0 unspecified atom stereocenters. The molecule has 0 spiro atoms. The average molecular weight is 368 g/mol. The SMILES string of the molecule is C[Si](C)(C)CCOCn1cnc2ccc(-c3ccccc3C(N)=O)cc21. The maximum Gasteiger partial charge on any atom is 0.249 e. The van der Waals surface area contributed by atoms with Gasteiger partial charge in [-0.15, -0.1) is 0 Å². The van der Waals surface area contributed by atoms with Crippen molar-refractivity contribution in [2.45, 2.75) is 32.4 Å². The Bertz CT molecular complexity index is 928. The first-order valence-corrected chi connectivity index (χ1v) is 12.5. The smallest absolute Gasteiger partial charge is 0.249 e. The molecule has 2 aromatic carbocycles. The van der Waals surface area contributed by atoms with Crippen LogP contribution in [0.2, 0.25) is 25.7 Å². The zero-order valence-corrected chi connectivity index (χ0v) is 16.5. The van der Waals surface area contributed by atoms with Crippen molar-refractivity contribution in [2.24, 2.45) is 5.73 Å². The standard InChI is InChI=1S/C20H25N3O2Si/c1-26(2,3)11-10-25-14-23-13-22-18-9-8-15(12-19(18)23)16-6-4-5-7-17(16)20(21)24/h4-9,12-13H,10-11,14H2,1-3H3,(H2,21,24). The quantitative estimate of drug-likeness (QED) is 0.504. The number of imidazole rings is 1. The summed E-state index contributed by atoms with van der Waals surface area (Å²) >= 11 is 0. The first-order chi connectivity index (χ1) is 12.3. The number of hydrogen-bond donors (Lipinski definition) is 1. The van der Waals surface area contributed by atoms with Crippen molar-refractivity contribution in [3.63, 3.8) is 0 Å². The average Bonchev–Trinajstić information content (AvgIpc) is 3.00. The number of nitrogens with two attached hydrogens (primary N) is 1. The Morgan fingerprint density at radius 1 is 1.19 bits per heavy atom. The molecule has 0 atom stereocenters. The number of carbonyl (C=O) groups excluding carboxylic acids is 1. The van der Waals surface area contributed by atoms with Gasteiger partial charge in [0.15, 0.2) is 0 Å². The van der Waals surface area contributed by atoms with Crippen LogP contribution in [0.15, 0.2) is 48.8 Å². The maximum absolute atomic E-state index is 11.7. The van der Waals surface area contributed by atoms with Crippen molar-refractivity contribution in [1.29, 1.82) is 0 Å². The van der Waals surface area contributed by atoms with Crippen molar-refractivity contribution in [1.82, 2.24) is 9.55 Å². The molecule has 0 aliphatic carbocycles. The summed E-state index contributed by atoms with van der Waals surface area (Å²) in [5, 5.41) is 0. The summed E-state index contributed by atoms with van der Waals surface area (Å²) in [6.07, 6.45) is 1.79. The molecular formula is C20H25N3O2Si. The Labute approximate surface area is 154 Å². The molecule has 0 aliphatic heterocycles. The van der Waals surface area contributed by atoms with Crippen LogP contribution in [0.3, 0.4) is 0 Å². The molecule has 1 amide bonds. The predicted octanol–water partition coefficient (Wildman–Crippen LogP) is 4.11. The first kappa shape index (κ1) is 18.4. The lowest BCUT2D eigenvalue weighted by Gasteiger charge is -2.15. The maximum atomic E-state index is 11.7. The van der Waals surface area contributed by atoms with Gasteiger partial charge in [-0.25, -0.2) is 4.98 Å². The van der Waals surface area contributed by atoms with Gasteiger partial charge in [0.1, 0.15) is 6.73 Å². The summed E-state index contributed by atoms with van der Waals surface area (Å²) in [5.74, 6) is -0.427. The fraction of sp³-hybridized carbons (Fsp3) is 0.300. The number of rotatable bonds is 7. The van der Waals surface area contributed by atoms with Gasteiger partial charge in [-0.2, -0.15) is 0 Å². The van der Waals surface area contributed by atoms with Gasteiger partial charge >= 0.3 is 0 Å². The van der Waals surface area contributed by atoms with Crippen molar-refractivity contribution in [3.05, 3.63) is 54.4 Å². The van der Waals surface area contributed by atoms with E-state index in [-0.39, 0.29) is 0 Å². The van der Waals surface area contributed by atoms with Gasteiger partial charge in [0.25, 0.3) is 0 Å². The lowest BCUT2D eigenvalue weighted by atomic mass is 9.99. The van der Waals surface area contributed by atoms with Crippen LogP contribution >= 0.6 is 0 Å². The van der Waals surface area contributed by atoms with E-state index < -0.39 is 14.0 Å². The summed E-state index contributed by atoms with van der Waals surface area (Å²) in [7, 11) is -1.10. The zero-order chi connectivity index (χ0) is 18.7. The van der Waals surface area contributed by atoms with Crippen LogP contribution < -0.4 is 5.73 Å². The molecule has 136 valence electrons. The van der Waals surface area contributed by atoms with E-state index in [1.165, 1.54) is 0 Å². The number of amides is 1. The summed E-state index contributed by atoms with van der Waals surface area (Å²) in [4.78, 5) is 16.2. The Morgan fingerprint density at radius 3 is 2.69 bits per heavy atom. The van der Waals surface area contributed by atoms with Crippen LogP contribution in [-0.2, 0) is 11.5 Å². The molecule has 0 radical (unpaired) electrons. The van der Waals surface area contributed by atoms with Crippen molar-refractivity contribution in [3.8, 4) is 11.1 Å². The van der Waals surface area contributed by atoms with E-state index in [4.69, 9.17) is 10.5 Å². The third-order valence-corrected chi connectivity index (χ3v) is 6.06. The van der Waals surface area contributed by atoms with Crippen molar-refractivity contribution >= 4 is 25.0 Å². The highest BCUT2D eigenvalue weighted by Gasteiger charge is 2.13. The van der Waals surface area contributed by atoms with Crippen LogP contribution in [0.5, 0.6) is 0 Å². The number of nitrogens with zero attached hydrogens (tertiary/aromatic N) is 2. The van der Waals surface area contributed by atoms with Gasteiger partial charge in [0.2, 0.25) is 5.91 Å². The fourth-order valence-electron chi connectivity index (χ4n) is 2.82. The Hall–Kier alpha value is -2.44. The Balaban J connectivity index is 1.86. The van der Waals surface area contributed by atoms with E-state index in [0.717, 1.165) is 34.8 Å². The number of hydrogen-bond acceptors (Lipinski definition) is 3. The van der Waals surface area contributed by atoms with Crippen LogP contribution in [0.1, 0.15) is 10.4 Å². The van der Waals surface area contributed by atoms with Crippen LogP contribution in [0, 0.1) is 0 Å². The van der Waals surface area contributed by atoms with Crippen LogP contribution in [0.25, 0.3) is 22.2 Å². The summed E-state index contributed by atoms with van der Waals surface area (Å²) in [5.41, 5.74) is 9.69. The minimum atomic E-state index is -1.10. The second kappa shape index (κ2) is 7.43. The molecule has 0 saturated carbocycles. The zero-order valence-electron chi connectivity index (χ0n) is 15.5. The second-order valence-corrected chi connectivity index (χ2v) is 13.3. The molecule has 1 aromatic heterocycles. The molecule has 26 heavy (non-hydrogen) atoms. The van der Waals surface area contributed by atoms with Gasteiger partial charge in [-0.05, 0) is 35.4 Å². The highest BCUT2D eigenvalue weighted by molar-refractivity contribution is 6.76. The van der Waals surface area contributed by atoms with E-state index in [9.17, 15) is 4.79 Å². The molecule has 3 aromatic rings. The highest BCUT2D eigenvalue weighted by Crippen LogP contribution is 2.27. The van der Waals surface area contributed by atoms with Gasteiger partial charge < -0.3 is 15.0 Å². The number of primary amides is 1. The van der Waals surface area contributed by atoms with E-state index in [2.05, 4.69) is 24.6 Å². The van der Waals surface area contributed by atoms with Gasteiger partial charge in [0, 0.05) is 20.2 Å². The molecule has 6 heteroatoms. The Morgan fingerprint density at radius 2 is 1.96 bits per heavy atom. The molecular weight excluding hydrogens is 342 g/mol. The van der Waals surface area contributed by atoms with Gasteiger partial charge in [0.05, 0.1) is 17.4 Å². The molecule has 5 nitrogen and oxygen atoms in total. The lowest BCUT2D eigenvalue weighted by Crippen LogP contribution is -2.21.